The first-order valence-electron chi connectivity index (χ1n) is 4.22. The Morgan fingerprint density at radius 1 is 1.19 bits per heavy atom. The van der Waals surface area contributed by atoms with Gasteiger partial charge in [0, 0.05) is 6.08 Å². The number of carbonyl (C=O) groups is 3. The molecular weight excluding hydrogens is 216 g/mol. The largest absolute Gasteiger partial charge is 0.466 e. The van der Waals surface area contributed by atoms with Crippen LogP contribution in [0.25, 0.3) is 0 Å². The van der Waals surface area contributed by atoms with E-state index in [9.17, 15) is 14.4 Å². The monoisotopic (exact) mass is 228 g/mol. The summed E-state index contributed by atoms with van der Waals surface area (Å²) in [5.41, 5.74) is -0.152. The molecule has 0 saturated heterocycles. The molecule has 0 saturated carbocycles. The van der Waals surface area contributed by atoms with E-state index in [1.54, 1.807) is 0 Å². The van der Waals surface area contributed by atoms with Gasteiger partial charge in [-0.05, 0) is 0 Å². The van der Waals surface area contributed by atoms with Crippen molar-refractivity contribution in [2.24, 2.45) is 0 Å². The normalized spacial score (nSPS) is 10.2. The van der Waals surface area contributed by atoms with Gasteiger partial charge in [-0.25, -0.2) is 9.59 Å². The molecule has 6 nitrogen and oxygen atoms in total. The number of ether oxygens (including phenoxy) is 3. The summed E-state index contributed by atoms with van der Waals surface area (Å²) in [5, 5.41) is 0. The molecular formula is C10H12O6. The average molecular weight is 228 g/mol. The molecule has 0 aliphatic heterocycles. The van der Waals surface area contributed by atoms with Crippen molar-refractivity contribution in [1.82, 2.24) is 0 Å². The SMILES string of the molecule is C=COC(=O)C/C(=C\C(=O)OC)C(=O)OC. The van der Waals surface area contributed by atoms with Crippen LogP contribution in [-0.2, 0) is 28.6 Å². The van der Waals surface area contributed by atoms with E-state index in [-0.39, 0.29) is 5.57 Å². The van der Waals surface area contributed by atoms with Crippen LogP contribution in [0.5, 0.6) is 0 Å². The highest BCUT2D eigenvalue weighted by atomic mass is 16.5. The summed E-state index contributed by atoms with van der Waals surface area (Å²) in [6, 6.07) is 0. The number of esters is 3. The van der Waals surface area contributed by atoms with Crippen molar-refractivity contribution in [2.75, 3.05) is 14.2 Å². The van der Waals surface area contributed by atoms with E-state index >= 15 is 0 Å². The fourth-order valence-electron chi connectivity index (χ4n) is 0.805. The number of methoxy groups -OCH3 is 2. The third-order valence-corrected chi connectivity index (χ3v) is 1.49. The molecule has 88 valence electrons. The maximum absolute atomic E-state index is 11.2. The second kappa shape index (κ2) is 7.22. The first-order valence-corrected chi connectivity index (χ1v) is 4.22. The molecule has 0 bridgehead atoms. The van der Waals surface area contributed by atoms with Gasteiger partial charge in [-0.3, -0.25) is 4.79 Å². The molecule has 0 rings (SSSR count). The highest BCUT2D eigenvalue weighted by Gasteiger charge is 2.16. The van der Waals surface area contributed by atoms with Gasteiger partial charge in [0.25, 0.3) is 0 Å². The van der Waals surface area contributed by atoms with Crippen molar-refractivity contribution in [1.29, 1.82) is 0 Å². The van der Waals surface area contributed by atoms with Crippen molar-refractivity contribution in [3.05, 3.63) is 24.5 Å². The van der Waals surface area contributed by atoms with Crippen molar-refractivity contribution < 1.29 is 28.6 Å². The second-order valence-electron chi connectivity index (χ2n) is 2.52. The standard InChI is InChI=1S/C10H12O6/c1-4-16-9(12)6-7(10(13)15-3)5-8(11)14-2/h4-5H,1,6H2,2-3H3/b7-5+. The minimum absolute atomic E-state index is 0.152. The number of carbonyl (C=O) groups excluding carboxylic acids is 3. The highest BCUT2D eigenvalue weighted by molar-refractivity contribution is 5.99. The third-order valence-electron chi connectivity index (χ3n) is 1.49. The van der Waals surface area contributed by atoms with Crippen molar-refractivity contribution >= 4 is 17.9 Å². The fourth-order valence-corrected chi connectivity index (χ4v) is 0.805. The summed E-state index contributed by atoms with van der Waals surface area (Å²) in [6.45, 7) is 3.18. The van der Waals surface area contributed by atoms with Crippen LogP contribution in [-0.4, -0.2) is 32.1 Å². The molecule has 0 spiro atoms. The molecule has 0 aromatic heterocycles. The number of rotatable bonds is 5. The zero-order valence-electron chi connectivity index (χ0n) is 9.02. The molecule has 0 heterocycles. The van der Waals surface area contributed by atoms with E-state index < -0.39 is 24.3 Å². The van der Waals surface area contributed by atoms with Crippen LogP contribution in [0.4, 0.5) is 0 Å². The molecule has 16 heavy (non-hydrogen) atoms. The number of hydrogen-bond acceptors (Lipinski definition) is 6. The van der Waals surface area contributed by atoms with Gasteiger partial charge in [-0.1, -0.05) is 6.58 Å². The maximum atomic E-state index is 11.2. The summed E-state index contributed by atoms with van der Waals surface area (Å²) >= 11 is 0. The lowest BCUT2D eigenvalue weighted by molar-refractivity contribution is -0.142. The van der Waals surface area contributed by atoms with Gasteiger partial charge >= 0.3 is 17.9 Å². The van der Waals surface area contributed by atoms with Crippen molar-refractivity contribution in [3.8, 4) is 0 Å². The lowest BCUT2D eigenvalue weighted by Gasteiger charge is -2.03. The molecule has 0 unspecified atom stereocenters. The topological polar surface area (TPSA) is 78.9 Å². The van der Waals surface area contributed by atoms with Crippen LogP contribution in [0.2, 0.25) is 0 Å². The molecule has 0 aromatic rings. The highest BCUT2D eigenvalue weighted by Crippen LogP contribution is 2.06. The van der Waals surface area contributed by atoms with Gasteiger partial charge in [0.15, 0.2) is 0 Å². The fraction of sp³-hybridized carbons (Fsp3) is 0.300. The molecule has 0 aromatic carbocycles. The maximum Gasteiger partial charge on any atom is 0.334 e. The van der Waals surface area contributed by atoms with E-state index in [2.05, 4.69) is 20.8 Å². The summed E-state index contributed by atoms with van der Waals surface area (Å²) in [5.74, 6) is -2.28. The summed E-state index contributed by atoms with van der Waals surface area (Å²) in [4.78, 5) is 33.1. The van der Waals surface area contributed by atoms with Crippen LogP contribution < -0.4 is 0 Å². The molecule has 0 N–H and O–H groups in total. The Hall–Kier alpha value is -2.11. The van der Waals surface area contributed by atoms with Gasteiger partial charge in [-0.2, -0.15) is 0 Å². The van der Waals surface area contributed by atoms with Crippen LogP contribution >= 0.6 is 0 Å². The third kappa shape index (κ3) is 4.94. The van der Waals surface area contributed by atoms with E-state index in [0.29, 0.717) is 0 Å². The first kappa shape index (κ1) is 13.9. The predicted octanol–water partition coefficient (Wildman–Crippen LogP) is 0.336. The van der Waals surface area contributed by atoms with Gasteiger partial charge in [0.1, 0.15) is 0 Å². The Bertz CT molecular complexity index is 328. The first-order chi connectivity index (χ1) is 7.54. The Morgan fingerprint density at radius 3 is 2.25 bits per heavy atom. The van der Waals surface area contributed by atoms with Crippen LogP contribution in [0.3, 0.4) is 0 Å². The van der Waals surface area contributed by atoms with E-state index in [1.165, 1.54) is 0 Å². The van der Waals surface area contributed by atoms with Crippen LogP contribution in [0.15, 0.2) is 24.5 Å². The van der Waals surface area contributed by atoms with Gasteiger partial charge in [-0.15, -0.1) is 0 Å². The second-order valence-corrected chi connectivity index (χ2v) is 2.52. The van der Waals surface area contributed by atoms with Crippen LogP contribution in [0, 0.1) is 0 Å². The zero-order chi connectivity index (χ0) is 12.6. The summed E-state index contributed by atoms with van der Waals surface area (Å²) < 4.78 is 13.1. The van der Waals surface area contributed by atoms with E-state index in [0.717, 1.165) is 26.6 Å². The molecule has 0 fully saturated rings. The zero-order valence-corrected chi connectivity index (χ0v) is 9.02. The Morgan fingerprint density at radius 2 is 1.81 bits per heavy atom. The molecule has 0 amide bonds. The summed E-state index contributed by atoms with van der Waals surface area (Å²) in [7, 11) is 2.28. The Balaban J connectivity index is 4.75. The lowest BCUT2D eigenvalue weighted by atomic mass is 10.2. The quantitative estimate of drug-likeness (QED) is 0.292. The van der Waals surface area contributed by atoms with Gasteiger partial charge < -0.3 is 14.2 Å². The van der Waals surface area contributed by atoms with Gasteiger partial charge in [0.05, 0.1) is 32.5 Å². The Labute approximate surface area is 92.5 Å². The smallest absolute Gasteiger partial charge is 0.334 e. The average Bonchev–Trinajstić information content (AvgIpc) is 2.27. The van der Waals surface area contributed by atoms with Crippen molar-refractivity contribution in [2.45, 2.75) is 6.42 Å². The van der Waals surface area contributed by atoms with Crippen LogP contribution in [0.1, 0.15) is 6.42 Å². The predicted molar refractivity (Wildman–Crippen MR) is 53.0 cm³/mol. The number of hydrogen-bond donors (Lipinski definition) is 0. The minimum atomic E-state index is -0.800. The van der Waals surface area contributed by atoms with Gasteiger partial charge in [0.2, 0.25) is 0 Å². The lowest BCUT2D eigenvalue weighted by Crippen LogP contribution is -2.13. The minimum Gasteiger partial charge on any atom is -0.466 e. The molecule has 6 heteroatoms. The van der Waals surface area contributed by atoms with E-state index in [4.69, 9.17) is 0 Å². The molecule has 0 aliphatic rings. The summed E-state index contributed by atoms with van der Waals surface area (Å²) in [6.07, 6.45) is 1.40. The molecule has 0 aliphatic carbocycles. The molecule has 0 atom stereocenters. The molecule has 0 radical (unpaired) electrons. The Kier molecular flexibility index (Phi) is 6.27. The van der Waals surface area contributed by atoms with Crippen molar-refractivity contribution in [3.63, 3.8) is 0 Å². The van der Waals surface area contributed by atoms with E-state index in [1.807, 2.05) is 0 Å².